The van der Waals surface area contributed by atoms with Crippen LogP contribution in [-0.4, -0.2) is 56.9 Å². The predicted molar refractivity (Wildman–Crippen MR) is 94.4 cm³/mol. The predicted octanol–water partition coefficient (Wildman–Crippen LogP) is 1.69. The fraction of sp³-hybridized carbons (Fsp3) is 0.278. The summed E-state index contributed by atoms with van der Waals surface area (Å²) in [5.74, 6) is -0.0564. The van der Waals surface area contributed by atoms with E-state index in [1.165, 1.54) is 0 Å². The lowest BCUT2D eigenvalue weighted by molar-refractivity contribution is 0.0740. The standard InChI is InChI=1S/C18H18N6O/c1-13-9-21-17(11-20-13)18(25)24-6-4-23(5-7-24)15-2-3-16-14(8-15)10-19-12-22-16/h2-3,8-12H,4-7H2,1H3. The van der Waals surface area contributed by atoms with Crippen LogP contribution in [0.5, 0.6) is 0 Å². The molecular formula is C18H18N6O. The van der Waals surface area contributed by atoms with Crippen molar-refractivity contribution in [1.29, 1.82) is 0 Å². The van der Waals surface area contributed by atoms with Crippen molar-refractivity contribution in [3.8, 4) is 0 Å². The summed E-state index contributed by atoms with van der Waals surface area (Å²) < 4.78 is 0. The summed E-state index contributed by atoms with van der Waals surface area (Å²) in [4.78, 5) is 33.3. The van der Waals surface area contributed by atoms with E-state index in [1.54, 1.807) is 18.7 Å². The van der Waals surface area contributed by atoms with Crippen LogP contribution in [0.15, 0.2) is 43.1 Å². The molecule has 1 aliphatic rings. The van der Waals surface area contributed by atoms with Crippen molar-refractivity contribution in [3.05, 3.63) is 54.5 Å². The molecule has 1 fully saturated rings. The van der Waals surface area contributed by atoms with Crippen LogP contribution in [0.1, 0.15) is 16.2 Å². The van der Waals surface area contributed by atoms with Crippen LogP contribution in [0.2, 0.25) is 0 Å². The molecule has 0 atom stereocenters. The van der Waals surface area contributed by atoms with Crippen LogP contribution in [0.25, 0.3) is 10.9 Å². The van der Waals surface area contributed by atoms with Crippen molar-refractivity contribution >= 4 is 22.5 Å². The number of carbonyl (C=O) groups is 1. The fourth-order valence-corrected chi connectivity index (χ4v) is 3.00. The number of fused-ring (bicyclic) bond motifs is 1. The second-order valence-electron chi connectivity index (χ2n) is 6.09. The molecule has 1 saturated heterocycles. The third kappa shape index (κ3) is 3.13. The SMILES string of the molecule is Cc1cnc(C(=O)N2CCN(c3ccc4ncncc4c3)CC2)cn1. The summed E-state index contributed by atoms with van der Waals surface area (Å²) in [7, 11) is 0. The average molecular weight is 334 g/mol. The quantitative estimate of drug-likeness (QED) is 0.710. The van der Waals surface area contributed by atoms with Crippen LogP contribution in [-0.2, 0) is 0 Å². The number of hydrogen-bond donors (Lipinski definition) is 0. The molecular weight excluding hydrogens is 316 g/mol. The van der Waals surface area contributed by atoms with E-state index in [0.29, 0.717) is 18.8 Å². The van der Waals surface area contributed by atoms with Crippen molar-refractivity contribution in [2.75, 3.05) is 31.1 Å². The first-order valence-corrected chi connectivity index (χ1v) is 8.23. The van der Waals surface area contributed by atoms with Gasteiger partial charge < -0.3 is 9.80 Å². The van der Waals surface area contributed by atoms with Crippen molar-refractivity contribution < 1.29 is 4.79 Å². The van der Waals surface area contributed by atoms with E-state index >= 15 is 0 Å². The van der Waals surface area contributed by atoms with Gasteiger partial charge in [-0.25, -0.2) is 15.0 Å². The summed E-state index contributed by atoms with van der Waals surface area (Å²) in [5, 5.41) is 1.02. The number of aromatic nitrogens is 4. The minimum absolute atomic E-state index is 0.0564. The Morgan fingerprint density at radius 3 is 2.60 bits per heavy atom. The molecule has 1 aliphatic heterocycles. The first kappa shape index (κ1) is 15.4. The van der Waals surface area contributed by atoms with Gasteiger partial charge in [-0.05, 0) is 25.1 Å². The number of hydrogen-bond acceptors (Lipinski definition) is 6. The molecule has 7 heteroatoms. The van der Waals surface area contributed by atoms with Gasteiger partial charge in [0, 0.05) is 49.6 Å². The van der Waals surface area contributed by atoms with E-state index in [2.05, 4.69) is 37.0 Å². The minimum Gasteiger partial charge on any atom is -0.368 e. The third-order valence-corrected chi connectivity index (χ3v) is 4.42. The van der Waals surface area contributed by atoms with Crippen LogP contribution < -0.4 is 4.90 Å². The number of aryl methyl sites for hydroxylation is 1. The van der Waals surface area contributed by atoms with Crippen LogP contribution in [0, 0.1) is 6.92 Å². The molecule has 0 saturated carbocycles. The van der Waals surface area contributed by atoms with E-state index in [1.807, 2.05) is 24.1 Å². The van der Waals surface area contributed by atoms with E-state index in [-0.39, 0.29) is 5.91 Å². The van der Waals surface area contributed by atoms with Crippen molar-refractivity contribution in [2.24, 2.45) is 0 Å². The number of anilines is 1. The number of amides is 1. The normalized spacial score (nSPS) is 14.8. The lowest BCUT2D eigenvalue weighted by Gasteiger charge is -2.36. The molecule has 0 unspecified atom stereocenters. The highest BCUT2D eigenvalue weighted by Gasteiger charge is 2.23. The average Bonchev–Trinajstić information content (AvgIpc) is 2.68. The van der Waals surface area contributed by atoms with Gasteiger partial charge in [-0.2, -0.15) is 0 Å². The molecule has 0 aliphatic carbocycles. The zero-order valence-electron chi connectivity index (χ0n) is 14.0. The van der Waals surface area contributed by atoms with Gasteiger partial charge in [0.15, 0.2) is 0 Å². The molecule has 3 aromatic rings. The van der Waals surface area contributed by atoms with Crippen LogP contribution in [0.3, 0.4) is 0 Å². The van der Waals surface area contributed by atoms with Gasteiger partial charge in [0.25, 0.3) is 5.91 Å². The second-order valence-corrected chi connectivity index (χ2v) is 6.09. The Kier molecular flexibility index (Phi) is 3.97. The fourth-order valence-electron chi connectivity index (χ4n) is 3.00. The smallest absolute Gasteiger partial charge is 0.274 e. The number of piperazine rings is 1. The van der Waals surface area contributed by atoms with E-state index in [0.717, 1.165) is 35.4 Å². The molecule has 1 aromatic carbocycles. The minimum atomic E-state index is -0.0564. The summed E-state index contributed by atoms with van der Waals surface area (Å²) in [5.41, 5.74) is 3.28. The summed E-state index contributed by atoms with van der Waals surface area (Å²) >= 11 is 0. The molecule has 0 radical (unpaired) electrons. The Bertz CT molecular complexity index is 903. The number of carbonyl (C=O) groups excluding carboxylic acids is 1. The Labute approximate surface area is 145 Å². The molecule has 0 N–H and O–H groups in total. The van der Waals surface area contributed by atoms with Gasteiger partial charge in [0.05, 0.1) is 17.4 Å². The molecule has 126 valence electrons. The maximum Gasteiger partial charge on any atom is 0.274 e. The number of benzene rings is 1. The molecule has 0 spiro atoms. The largest absolute Gasteiger partial charge is 0.368 e. The van der Waals surface area contributed by atoms with E-state index in [9.17, 15) is 4.79 Å². The Morgan fingerprint density at radius 2 is 1.84 bits per heavy atom. The Balaban J connectivity index is 1.45. The number of nitrogens with zero attached hydrogens (tertiary/aromatic N) is 6. The second kappa shape index (κ2) is 6.43. The lowest BCUT2D eigenvalue weighted by atomic mass is 10.2. The van der Waals surface area contributed by atoms with Gasteiger partial charge in [-0.15, -0.1) is 0 Å². The number of rotatable bonds is 2. The van der Waals surface area contributed by atoms with Crippen LogP contribution in [0.4, 0.5) is 5.69 Å². The molecule has 25 heavy (non-hydrogen) atoms. The van der Waals surface area contributed by atoms with E-state index in [4.69, 9.17) is 0 Å². The first-order valence-electron chi connectivity index (χ1n) is 8.23. The molecule has 1 amide bonds. The van der Waals surface area contributed by atoms with Crippen molar-refractivity contribution in [1.82, 2.24) is 24.8 Å². The van der Waals surface area contributed by atoms with E-state index < -0.39 is 0 Å². The lowest BCUT2D eigenvalue weighted by Crippen LogP contribution is -2.49. The first-order chi connectivity index (χ1) is 12.2. The molecule has 4 rings (SSSR count). The van der Waals surface area contributed by atoms with Crippen molar-refractivity contribution in [2.45, 2.75) is 6.92 Å². The molecule has 3 heterocycles. The summed E-state index contributed by atoms with van der Waals surface area (Å²) in [6, 6.07) is 6.17. The highest BCUT2D eigenvalue weighted by molar-refractivity contribution is 5.92. The Hall–Kier alpha value is -3.09. The highest BCUT2D eigenvalue weighted by atomic mass is 16.2. The van der Waals surface area contributed by atoms with Gasteiger partial charge in [-0.1, -0.05) is 0 Å². The molecule has 2 aromatic heterocycles. The monoisotopic (exact) mass is 334 g/mol. The summed E-state index contributed by atoms with van der Waals surface area (Å²) in [6.07, 6.45) is 6.55. The Morgan fingerprint density at radius 1 is 1.00 bits per heavy atom. The summed E-state index contributed by atoms with van der Waals surface area (Å²) in [6.45, 7) is 4.75. The third-order valence-electron chi connectivity index (χ3n) is 4.42. The van der Waals surface area contributed by atoms with Gasteiger partial charge in [-0.3, -0.25) is 9.78 Å². The maximum absolute atomic E-state index is 12.5. The van der Waals surface area contributed by atoms with Gasteiger partial charge in [0.1, 0.15) is 12.0 Å². The van der Waals surface area contributed by atoms with Gasteiger partial charge >= 0.3 is 0 Å². The van der Waals surface area contributed by atoms with Crippen molar-refractivity contribution in [3.63, 3.8) is 0 Å². The van der Waals surface area contributed by atoms with Gasteiger partial charge in [0.2, 0.25) is 0 Å². The molecule has 7 nitrogen and oxygen atoms in total. The highest BCUT2D eigenvalue weighted by Crippen LogP contribution is 2.21. The molecule has 0 bridgehead atoms. The zero-order valence-corrected chi connectivity index (χ0v) is 14.0. The zero-order chi connectivity index (χ0) is 17.2. The topological polar surface area (TPSA) is 75.1 Å². The maximum atomic E-state index is 12.5. The van der Waals surface area contributed by atoms with Crippen LogP contribution >= 0.6 is 0 Å².